The summed E-state index contributed by atoms with van der Waals surface area (Å²) in [6.45, 7) is 7.47. The number of carbonyl (C=O) groups excluding carboxylic acids is 2. The highest BCUT2D eigenvalue weighted by molar-refractivity contribution is 9.10. The predicted octanol–water partition coefficient (Wildman–Crippen LogP) is 4.14. The van der Waals surface area contributed by atoms with Crippen LogP contribution in [0.15, 0.2) is 40.9 Å². The number of ether oxygens (including phenoxy) is 1. The first-order valence-corrected chi connectivity index (χ1v) is 10.2. The lowest BCUT2D eigenvalue weighted by atomic mass is 10.1. The summed E-state index contributed by atoms with van der Waals surface area (Å²) in [5, 5.41) is 2.70. The molecule has 156 valence electrons. The molecule has 0 bridgehead atoms. The molecular formula is C22H26BrFN2O3. The molecule has 0 radical (unpaired) electrons. The Labute approximate surface area is 179 Å². The molecule has 2 aromatic carbocycles. The first kappa shape index (κ1) is 22.9. The van der Waals surface area contributed by atoms with Crippen LogP contribution in [0.5, 0.6) is 5.75 Å². The lowest BCUT2D eigenvalue weighted by Gasteiger charge is -2.28. The molecule has 0 heterocycles. The average molecular weight is 465 g/mol. The summed E-state index contributed by atoms with van der Waals surface area (Å²) in [7, 11) is 0. The van der Waals surface area contributed by atoms with E-state index in [-0.39, 0.29) is 19.1 Å². The Balaban J connectivity index is 2.19. The van der Waals surface area contributed by atoms with Crippen molar-refractivity contribution in [3.63, 3.8) is 0 Å². The van der Waals surface area contributed by atoms with Crippen LogP contribution >= 0.6 is 15.9 Å². The number of aryl methyl sites for hydroxylation is 2. The SMILES string of the molecule is CCNC(=O)C(C)N(Cc1ccccc1F)C(=O)COc1cc(C)c(Br)c(C)c1. The van der Waals surface area contributed by atoms with Crippen LogP contribution in [-0.4, -0.2) is 35.9 Å². The maximum absolute atomic E-state index is 14.1. The number of nitrogens with one attached hydrogen (secondary N) is 1. The Morgan fingerprint density at radius 3 is 2.41 bits per heavy atom. The van der Waals surface area contributed by atoms with Crippen molar-refractivity contribution in [2.45, 2.75) is 40.3 Å². The summed E-state index contributed by atoms with van der Waals surface area (Å²) in [4.78, 5) is 26.6. The van der Waals surface area contributed by atoms with E-state index in [1.165, 1.54) is 11.0 Å². The molecule has 29 heavy (non-hydrogen) atoms. The molecule has 2 amide bonds. The van der Waals surface area contributed by atoms with Crippen molar-refractivity contribution in [3.05, 3.63) is 63.4 Å². The Hall–Kier alpha value is -2.41. The molecule has 0 fully saturated rings. The van der Waals surface area contributed by atoms with E-state index in [9.17, 15) is 14.0 Å². The molecular weight excluding hydrogens is 439 g/mol. The molecule has 0 saturated carbocycles. The van der Waals surface area contributed by atoms with Gasteiger partial charge in [-0.3, -0.25) is 9.59 Å². The van der Waals surface area contributed by atoms with Crippen molar-refractivity contribution >= 4 is 27.7 Å². The van der Waals surface area contributed by atoms with Gasteiger partial charge < -0.3 is 15.0 Å². The molecule has 0 aromatic heterocycles. The maximum Gasteiger partial charge on any atom is 0.261 e. The van der Waals surface area contributed by atoms with E-state index < -0.39 is 17.8 Å². The van der Waals surface area contributed by atoms with Gasteiger partial charge in [-0.15, -0.1) is 0 Å². The molecule has 0 aliphatic carbocycles. The van der Waals surface area contributed by atoms with Crippen molar-refractivity contribution in [1.29, 1.82) is 0 Å². The van der Waals surface area contributed by atoms with Gasteiger partial charge in [0.1, 0.15) is 17.6 Å². The molecule has 5 nitrogen and oxygen atoms in total. The van der Waals surface area contributed by atoms with E-state index in [1.54, 1.807) is 32.0 Å². The zero-order valence-corrected chi connectivity index (χ0v) is 18.7. The molecule has 0 saturated heterocycles. The van der Waals surface area contributed by atoms with E-state index in [2.05, 4.69) is 21.2 Å². The van der Waals surface area contributed by atoms with Crippen LogP contribution in [0.1, 0.15) is 30.5 Å². The molecule has 0 spiro atoms. The fourth-order valence-corrected chi connectivity index (χ4v) is 3.16. The second kappa shape index (κ2) is 10.4. The molecule has 7 heteroatoms. The third-order valence-electron chi connectivity index (χ3n) is 4.59. The molecule has 1 N–H and O–H groups in total. The minimum atomic E-state index is -0.765. The number of amides is 2. The van der Waals surface area contributed by atoms with Crippen LogP contribution in [-0.2, 0) is 16.1 Å². The van der Waals surface area contributed by atoms with E-state index in [4.69, 9.17) is 4.74 Å². The minimum absolute atomic E-state index is 0.0223. The van der Waals surface area contributed by atoms with Crippen LogP contribution in [0, 0.1) is 19.7 Å². The highest BCUT2D eigenvalue weighted by Crippen LogP contribution is 2.26. The first-order chi connectivity index (χ1) is 13.7. The highest BCUT2D eigenvalue weighted by Gasteiger charge is 2.27. The largest absolute Gasteiger partial charge is 0.484 e. The maximum atomic E-state index is 14.1. The van der Waals surface area contributed by atoms with E-state index in [1.807, 2.05) is 26.0 Å². The average Bonchev–Trinajstić information content (AvgIpc) is 2.69. The summed E-state index contributed by atoms with van der Waals surface area (Å²) < 4.78 is 20.8. The van der Waals surface area contributed by atoms with Crippen molar-refractivity contribution < 1.29 is 18.7 Å². The minimum Gasteiger partial charge on any atom is -0.484 e. The molecule has 2 aromatic rings. The van der Waals surface area contributed by atoms with Gasteiger partial charge in [0.05, 0.1) is 0 Å². The normalized spacial score (nSPS) is 11.7. The summed E-state index contributed by atoms with van der Waals surface area (Å²) in [6.07, 6.45) is 0. The molecule has 1 unspecified atom stereocenters. The van der Waals surface area contributed by atoms with Crippen LogP contribution in [0.25, 0.3) is 0 Å². The number of nitrogens with zero attached hydrogens (tertiary/aromatic N) is 1. The Morgan fingerprint density at radius 1 is 1.21 bits per heavy atom. The fourth-order valence-electron chi connectivity index (χ4n) is 2.93. The molecule has 1 atom stereocenters. The van der Waals surface area contributed by atoms with Crippen LogP contribution in [0.2, 0.25) is 0 Å². The lowest BCUT2D eigenvalue weighted by Crippen LogP contribution is -2.49. The van der Waals surface area contributed by atoms with Crippen molar-refractivity contribution in [1.82, 2.24) is 10.2 Å². The number of likely N-dealkylation sites (N-methyl/N-ethyl adjacent to an activating group) is 1. The Bertz CT molecular complexity index is 865. The zero-order chi connectivity index (χ0) is 21.6. The summed E-state index contributed by atoms with van der Waals surface area (Å²) in [6, 6.07) is 9.11. The van der Waals surface area contributed by atoms with Gasteiger partial charge in [0, 0.05) is 23.1 Å². The molecule has 2 rings (SSSR count). The smallest absolute Gasteiger partial charge is 0.261 e. The summed E-state index contributed by atoms with van der Waals surface area (Å²) in [5.41, 5.74) is 2.32. The van der Waals surface area contributed by atoms with Crippen molar-refractivity contribution in [2.24, 2.45) is 0 Å². The van der Waals surface area contributed by atoms with Gasteiger partial charge in [-0.25, -0.2) is 4.39 Å². The molecule has 0 aliphatic heterocycles. The summed E-state index contributed by atoms with van der Waals surface area (Å²) in [5.74, 6) is -0.556. The second-order valence-electron chi connectivity index (χ2n) is 6.84. The first-order valence-electron chi connectivity index (χ1n) is 9.44. The van der Waals surface area contributed by atoms with Crippen molar-refractivity contribution in [3.8, 4) is 5.75 Å². The van der Waals surface area contributed by atoms with Crippen LogP contribution < -0.4 is 10.1 Å². The van der Waals surface area contributed by atoms with Crippen LogP contribution in [0.3, 0.4) is 0 Å². The van der Waals surface area contributed by atoms with E-state index in [0.717, 1.165) is 15.6 Å². The molecule has 0 aliphatic rings. The third-order valence-corrected chi connectivity index (χ3v) is 5.84. The van der Waals surface area contributed by atoms with E-state index >= 15 is 0 Å². The number of halogens is 2. The number of hydrogen-bond donors (Lipinski definition) is 1. The number of rotatable bonds is 8. The Kier molecular flexibility index (Phi) is 8.20. The lowest BCUT2D eigenvalue weighted by molar-refractivity contribution is -0.142. The predicted molar refractivity (Wildman–Crippen MR) is 114 cm³/mol. The summed E-state index contributed by atoms with van der Waals surface area (Å²) >= 11 is 3.50. The topological polar surface area (TPSA) is 58.6 Å². The van der Waals surface area contributed by atoms with Crippen LogP contribution in [0.4, 0.5) is 4.39 Å². The van der Waals surface area contributed by atoms with Gasteiger partial charge in [-0.1, -0.05) is 34.1 Å². The quantitative estimate of drug-likeness (QED) is 0.638. The van der Waals surface area contributed by atoms with Gasteiger partial charge in [-0.2, -0.15) is 0 Å². The van der Waals surface area contributed by atoms with Gasteiger partial charge >= 0.3 is 0 Å². The van der Waals surface area contributed by atoms with Gasteiger partial charge in [0.2, 0.25) is 5.91 Å². The Morgan fingerprint density at radius 2 is 1.83 bits per heavy atom. The monoisotopic (exact) mass is 464 g/mol. The highest BCUT2D eigenvalue weighted by atomic mass is 79.9. The number of carbonyl (C=O) groups is 2. The van der Waals surface area contributed by atoms with Gasteiger partial charge in [-0.05, 0) is 57.0 Å². The van der Waals surface area contributed by atoms with E-state index in [0.29, 0.717) is 17.9 Å². The number of hydrogen-bond acceptors (Lipinski definition) is 3. The third kappa shape index (κ3) is 6.03. The number of benzene rings is 2. The van der Waals surface area contributed by atoms with Crippen molar-refractivity contribution in [2.75, 3.05) is 13.2 Å². The second-order valence-corrected chi connectivity index (χ2v) is 7.64. The zero-order valence-electron chi connectivity index (χ0n) is 17.1. The van der Waals surface area contributed by atoms with Gasteiger partial charge in [0.15, 0.2) is 6.61 Å². The standard InChI is InChI=1S/C22H26BrFN2O3/c1-5-25-22(28)16(4)26(12-17-8-6-7-9-19(17)24)20(27)13-29-18-10-14(2)21(23)15(3)11-18/h6-11,16H,5,12-13H2,1-4H3,(H,25,28). The van der Waals surface area contributed by atoms with Gasteiger partial charge in [0.25, 0.3) is 5.91 Å². The fraction of sp³-hybridized carbons (Fsp3) is 0.364.